The van der Waals surface area contributed by atoms with Gasteiger partial charge in [-0.05, 0) is 18.6 Å². The van der Waals surface area contributed by atoms with Gasteiger partial charge in [0.05, 0.1) is 6.10 Å². The Balaban J connectivity index is 2.03. The topological polar surface area (TPSA) is 60.8 Å². The third-order valence-corrected chi connectivity index (χ3v) is 3.26. The Morgan fingerprint density at radius 1 is 1.35 bits per heavy atom. The van der Waals surface area contributed by atoms with Crippen molar-refractivity contribution >= 4 is 5.91 Å². The summed E-state index contributed by atoms with van der Waals surface area (Å²) in [7, 11) is 0. The number of carbonyl (C=O) groups is 1. The van der Waals surface area contributed by atoms with Gasteiger partial charge < -0.3 is 15.1 Å². The van der Waals surface area contributed by atoms with E-state index in [1.165, 1.54) is 0 Å². The van der Waals surface area contributed by atoms with E-state index in [0.29, 0.717) is 25.1 Å². The predicted molar refractivity (Wildman–Crippen MR) is 63.5 cm³/mol. The van der Waals surface area contributed by atoms with Gasteiger partial charge in [0.25, 0.3) is 5.91 Å². The fourth-order valence-electron chi connectivity index (χ4n) is 2.14. The molecule has 2 atom stereocenters. The Hall–Kier alpha value is -1.39. The van der Waals surface area contributed by atoms with Crippen molar-refractivity contribution in [3.63, 3.8) is 0 Å². The van der Waals surface area contributed by atoms with Crippen molar-refractivity contribution in [2.75, 3.05) is 19.7 Å². The minimum absolute atomic E-state index is 0.0193. The number of rotatable bonds is 2. The lowest BCUT2D eigenvalue weighted by Crippen LogP contribution is -2.47. The van der Waals surface area contributed by atoms with Crippen LogP contribution in [0, 0.1) is 5.92 Å². The lowest BCUT2D eigenvalue weighted by Gasteiger charge is -2.35. The third-order valence-electron chi connectivity index (χ3n) is 3.26. The molecule has 0 bridgehead atoms. The Labute approximate surface area is 100 Å². The summed E-state index contributed by atoms with van der Waals surface area (Å²) < 4.78 is 0. The van der Waals surface area contributed by atoms with Crippen LogP contribution in [0.1, 0.15) is 16.8 Å². The molecule has 1 amide bonds. The number of benzene rings is 1. The van der Waals surface area contributed by atoms with E-state index in [-0.39, 0.29) is 18.4 Å². The first-order chi connectivity index (χ1) is 8.22. The average molecular weight is 235 g/mol. The quantitative estimate of drug-likeness (QED) is 0.785. The summed E-state index contributed by atoms with van der Waals surface area (Å²) in [5.74, 6) is -0.157. The van der Waals surface area contributed by atoms with Gasteiger partial charge in [-0.2, -0.15) is 0 Å². The Morgan fingerprint density at radius 2 is 2.06 bits per heavy atom. The summed E-state index contributed by atoms with van der Waals surface area (Å²) in [4.78, 5) is 13.7. The number of hydrogen-bond donors (Lipinski definition) is 2. The molecule has 1 aromatic carbocycles. The van der Waals surface area contributed by atoms with E-state index in [1.54, 1.807) is 17.0 Å². The van der Waals surface area contributed by atoms with Crippen molar-refractivity contribution in [3.8, 4) is 0 Å². The number of nitrogens with zero attached hydrogens (tertiary/aromatic N) is 1. The van der Waals surface area contributed by atoms with E-state index < -0.39 is 6.10 Å². The fourth-order valence-corrected chi connectivity index (χ4v) is 2.14. The van der Waals surface area contributed by atoms with Crippen LogP contribution in [-0.4, -0.2) is 46.8 Å². The summed E-state index contributed by atoms with van der Waals surface area (Å²) in [6.07, 6.45) is 0.0254. The molecular weight excluding hydrogens is 218 g/mol. The van der Waals surface area contributed by atoms with Gasteiger partial charge in [0.2, 0.25) is 0 Å². The standard InChI is InChI=1S/C13H17NO3/c15-9-11-6-7-14(8-12(11)16)13(17)10-4-2-1-3-5-10/h1-5,11-12,15-16H,6-9H2/t11-,12+/m1/s1. The van der Waals surface area contributed by atoms with Crippen LogP contribution >= 0.6 is 0 Å². The van der Waals surface area contributed by atoms with Crippen molar-refractivity contribution in [2.24, 2.45) is 5.92 Å². The second-order valence-corrected chi connectivity index (χ2v) is 4.42. The molecule has 1 fully saturated rings. The van der Waals surface area contributed by atoms with E-state index in [2.05, 4.69) is 0 Å². The first kappa shape index (κ1) is 12.1. The normalized spacial score (nSPS) is 24.7. The molecule has 2 N–H and O–H groups in total. The van der Waals surface area contributed by atoms with Gasteiger partial charge in [-0.1, -0.05) is 18.2 Å². The highest BCUT2D eigenvalue weighted by atomic mass is 16.3. The molecule has 0 aliphatic carbocycles. The zero-order valence-corrected chi connectivity index (χ0v) is 9.62. The predicted octanol–water partition coefficient (Wildman–Crippen LogP) is 0.502. The number of piperidine rings is 1. The first-order valence-corrected chi connectivity index (χ1v) is 5.85. The van der Waals surface area contributed by atoms with Crippen LogP contribution in [0.2, 0.25) is 0 Å². The highest BCUT2D eigenvalue weighted by Crippen LogP contribution is 2.19. The van der Waals surface area contributed by atoms with E-state index >= 15 is 0 Å². The second-order valence-electron chi connectivity index (χ2n) is 4.42. The second kappa shape index (κ2) is 5.29. The Kier molecular flexibility index (Phi) is 3.76. The van der Waals surface area contributed by atoms with Crippen molar-refractivity contribution in [1.82, 2.24) is 4.90 Å². The molecule has 92 valence electrons. The van der Waals surface area contributed by atoms with E-state index in [4.69, 9.17) is 5.11 Å². The molecule has 0 spiro atoms. The molecule has 1 saturated heterocycles. The highest BCUT2D eigenvalue weighted by molar-refractivity contribution is 5.94. The molecule has 4 nitrogen and oxygen atoms in total. The molecule has 1 aliphatic heterocycles. The van der Waals surface area contributed by atoms with Gasteiger partial charge in [0.15, 0.2) is 0 Å². The van der Waals surface area contributed by atoms with Crippen LogP contribution < -0.4 is 0 Å². The van der Waals surface area contributed by atoms with Gasteiger partial charge in [0, 0.05) is 31.2 Å². The van der Waals surface area contributed by atoms with Gasteiger partial charge in [-0.25, -0.2) is 0 Å². The number of aliphatic hydroxyl groups excluding tert-OH is 2. The van der Waals surface area contributed by atoms with Crippen molar-refractivity contribution in [3.05, 3.63) is 35.9 Å². The molecule has 1 heterocycles. The largest absolute Gasteiger partial charge is 0.396 e. The average Bonchev–Trinajstić information content (AvgIpc) is 2.39. The minimum Gasteiger partial charge on any atom is -0.396 e. The number of aliphatic hydroxyl groups is 2. The van der Waals surface area contributed by atoms with Crippen LogP contribution in [0.15, 0.2) is 30.3 Å². The maximum absolute atomic E-state index is 12.1. The smallest absolute Gasteiger partial charge is 0.253 e. The van der Waals surface area contributed by atoms with Crippen LogP contribution in [-0.2, 0) is 0 Å². The lowest BCUT2D eigenvalue weighted by atomic mass is 9.94. The van der Waals surface area contributed by atoms with Gasteiger partial charge in [0.1, 0.15) is 0 Å². The van der Waals surface area contributed by atoms with Gasteiger partial charge in [-0.3, -0.25) is 4.79 Å². The highest BCUT2D eigenvalue weighted by Gasteiger charge is 2.29. The van der Waals surface area contributed by atoms with E-state index in [0.717, 1.165) is 0 Å². The summed E-state index contributed by atoms with van der Waals surface area (Å²) in [5, 5.41) is 18.8. The summed E-state index contributed by atoms with van der Waals surface area (Å²) in [6, 6.07) is 9.05. The number of amides is 1. The zero-order valence-electron chi connectivity index (χ0n) is 9.62. The molecule has 4 heteroatoms. The summed E-state index contributed by atoms with van der Waals surface area (Å²) >= 11 is 0. The molecule has 17 heavy (non-hydrogen) atoms. The fraction of sp³-hybridized carbons (Fsp3) is 0.462. The maximum Gasteiger partial charge on any atom is 0.253 e. The van der Waals surface area contributed by atoms with Crippen molar-refractivity contribution < 1.29 is 15.0 Å². The SMILES string of the molecule is O=C(c1ccccc1)N1CC[C@H](CO)[C@@H](O)C1. The molecule has 0 aromatic heterocycles. The van der Waals surface area contributed by atoms with E-state index in [9.17, 15) is 9.90 Å². The first-order valence-electron chi connectivity index (χ1n) is 5.85. The van der Waals surface area contributed by atoms with Gasteiger partial charge in [-0.15, -0.1) is 0 Å². The van der Waals surface area contributed by atoms with Crippen LogP contribution in [0.25, 0.3) is 0 Å². The Morgan fingerprint density at radius 3 is 2.65 bits per heavy atom. The van der Waals surface area contributed by atoms with Crippen LogP contribution in [0.5, 0.6) is 0 Å². The molecule has 0 unspecified atom stereocenters. The van der Waals surface area contributed by atoms with Crippen LogP contribution in [0.4, 0.5) is 0 Å². The number of hydrogen-bond acceptors (Lipinski definition) is 3. The molecule has 2 rings (SSSR count). The number of β-amino-alcohol motifs (C(OH)–C–C–N with tert-alkyl or cyclic N) is 1. The molecule has 0 radical (unpaired) electrons. The van der Waals surface area contributed by atoms with E-state index in [1.807, 2.05) is 18.2 Å². The number of carbonyl (C=O) groups excluding carboxylic acids is 1. The van der Waals surface area contributed by atoms with Crippen molar-refractivity contribution in [2.45, 2.75) is 12.5 Å². The van der Waals surface area contributed by atoms with Crippen molar-refractivity contribution in [1.29, 1.82) is 0 Å². The zero-order chi connectivity index (χ0) is 12.3. The third kappa shape index (κ3) is 2.65. The molecule has 1 aliphatic rings. The Bertz CT molecular complexity index is 380. The molecule has 1 aromatic rings. The molecule has 0 saturated carbocycles. The van der Waals surface area contributed by atoms with Crippen LogP contribution in [0.3, 0.4) is 0 Å². The van der Waals surface area contributed by atoms with Gasteiger partial charge >= 0.3 is 0 Å². The lowest BCUT2D eigenvalue weighted by molar-refractivity contribution is 0.000877. The summed E-state index contributed by atoms with van der Waals surface area (Å²) in [5.41, 5.74) is 0.641. The maximum atomic E-state index is 12.1. The number of likely N-dealkylation sites (tertiary alicyclic amines) is 1. The summed E-state index contributed by atoms with van der Waals surface area (Å²) in [6.45, 7) is 0.878. The monoisotopic (exact) mass is 235 g/mol. The minimum atomic E-state index is -0.624. The molecular formula is C13H17NO3.